The van der Waals surface area contributed by atoms with Gasteiger partial charge in [0.1, 0.15) is 12.4 Å². The Morgan fingerprint density at radius 1 is 1.47 bits per heavy atom. The van der Waals surface area contributed by atoms with Crippen LogP contribution in [0.1, 0.15) is 5.56 Å². The monoisotopic (exact) mass is 202 g/mol. The van der Waals surface area contributed by atoms with E-state index in [-0.39, 0.29) is 0 Å². The Morgan fingerprint density at radius 3 is 2.67 bits per heavy atom. The van der Waals surface area contributed by atoms with Gasteiger partial charge in [-0.1, -0.05) is 6.58 Å². The fourth-order valence-corrected chi connectivity index (χ4v) is 1.11. The minimum Gasteiger partial charge on any atom is -0.489 e. The van der Waals surface area contributed by atoms with Crippen LogP contribution in [0.5, 0.6) is 5.75 Å². The van der Waals surface area contributed by atoms with Gasteiger partial charge in [0, 0.05) is 6.54 Å². The van der Waals surface area contributed by atoms with Gasteiger partial charge in [-0.25, -0.2) is 0 Å². The second-order valence-corrected chi connectivity index (χ2v) is 3.21. The van der Waals surface area contributed by atoms with Crippen molar-refractivity contribution in [2.75, 3.05) is 20.2 Å². The molecule has 1 aromatic carbocycles. The molecule has 0 aromatic heterocycles. The number of benzene rings is 1. The van der Waals surface area contributed by atoms with E-state index in [1.807, 2.05) is 7.05 Å². The van der Waals surface area contributed by atoms with E-state index in [9.17, 15) is 0 Å². The predicted molar refractivity (Wildman–Crippen MR) is 59.7 cm³/mol. The first-order chi connectivity index (χ1) is 7.26. The Labute approximate surface area is 90.0 Å². The zero-order chi connectivity index (χ0) is 11.1. The maximum atomic E-state index is 8.60. The van der Waals surface area contributed by atoms with Crippen LogP contribution >= 0.6 is 0 Å². The van der Waals surface area contributed by atoms with Crippen molar-refractivity contribution in [3.63, 3.8) is 0 Å². The normalized spacial score (nSPS) is 9.33. The SMILES string of the molecule is C=C(CNC)COc1ccc(C#N)cc1. The molecule has 0 aliphatic carbocycles. The van der Waals surface area contributed by atoms with Gasteiger partial charge in [0.15, 0.2) is 0 Å². The van der Waals surface area contributed by atoms with Crippen LogP contribution < -0.4 is 10.1 Å². The molecule has 0 aliphatic rings. The van der Waals surface area contributed by atoms with E-state index in [4.69, 9.17) is 10.00 Å². The van der Waals surface area contributed by atoms with Crippen LogP contribution in [-0.2, 0) is 0 Å². The Bertz CT molecular complexity index is 362. The van der Waals surface area contributed by atoms with E-state index >= 15 is 0 Å². The largest absolute Gasteiger partial charge is 0.489 e. The molecule has 0 unspecified atom stereocenters. The van der Waals surface area contributed by atoms with E-state index in [1.165, 1.54) is 0 Å². The number of hydrogen-bond acceptors (Lipinski definition) is 3. The smallest absolute Gasteiger partial charge is 0.119 e. The van der Waals surface area contributed by atoms with E-state index in [0.717, 1.165) is 17.9 Å². The molecule has 1 N–H and O–H groups in total. The van der Waals surface area contributed by atoms with Crippen molar-refractivity contribution in [1.82, 2.24) is 5.32 Å². The van der Waals surface area contributed by atoms with Crippen molar-refractivity contribution in [1.29, 1.82) is 5.26 Å². The standard InChI is InChI=1S/C12H14N2O/c1-10(8-14-2)9-15-12-5-3-11(7-13)4-6-12/h3-6,14H,1,8-9H2,2H3. The van der Waals surface area contributed by atoms with Gasteiger partial charge in [-0.05, 0) is 36.9 Å². The first-order valence-electron chi connectivity index (χ1n) is 4.70. The number of nitrogens with zero attached hydrogens (tertiary/aromatic N) is 1. The van der Waals surface area contributed by atoms with Crippen molar-refractivity contribution in [2.24, 2.45) is 0 Å². The summed E-state index contributed by atoms with van der Waals surface area (Å²) in [4.78, 5) is 0. The van der Waals surface area contributed by atoms with Crippen LogP contribution in [0.4, 0.5) is 0 Å². The summed E-state index contributed by atoms with van der Waals surface area (Å²) < 4.78 is 5.47. The van der Waals surface area contributed by atoms with E-state index in [0.29, 0.717) is 12.2 Å². The minimum atomic E-state index is 0.493. The molecular formula is C12H14N2O. The molecule has 0 heterocycles. The Balaban J connectivity index is 2.45. The van der Waals surface area contributed by atoms with Crippen molar-refractivity contribution in [3.05, 3.63) is 42.0 Å². The fraction of sp³-hybridized carbons (Fsp3) is 0.250. The highest BCUT2D eigenvalue weighted by Gasteiger charge is 1.96. The molecule has 0 fully saturated rings. The van der Waals surface area contributed by atoms with Crippen LogP contribution in [0.15, 0.2) is 36.4 Å². The van der Waals surface area contributed by atoms with Crippen LogP contribution in [0.25, 0.3) is 0 Å². The van der Waals surface area contributed by atoms with E-state index in [2.05, 4.69) is 18.0 Å². The fourth-order valence-electron chi connectivity index (χ4n) is 1.11. The lowest BCUT2D eigenvalue weighted by Crippen LogP contribution is -2.14. The quantitative estimate of drug-likeness (QED) is 0.739. The van der Waals surface area contributed by atoms with Gasteiger partial charge in [0.25, 0.3) is 0 Å². The molecule has 0 aliphatic heterocycles. The summed E-state index contributed by atoms with van der Waals surface area (Å²) in [6, 6.07) is 9.09. The van der Waals surface area contributed by atoms with Crippen molar-refractivity contribution in [3.8, 4) is 11.8 Å². The molecule has 0 saturated heterocycles. The maximum absolute atomic E-state index is 8.60. The lowest BCUT2D eigenvalue weighted by molar-refractivity contribution is 0.349. The average Bonchev–Trinajstić information content (AvgIpc) is 2.27. The number of likely N-dealkylation sites (N-methyl/N-ethyl adjacent to an activating group) is 1. The highest BCUT2D eigenvalue weighted by Crippen LogP contribution is 2.12. The Morgan fingerprint density at radius 2 is 2.13 bits per heavy atom. The molecule has 0 bridgehead atoms. The second kappa shape index (κ2) is 5.84. The number of rotatable bonds is 5. The third-order valence-electron chi connectivity index (χ3n) is 1.85. The van der Waals surface area contributed by atoms with Gasteiger partial charge in [-0.3, -0.25) is 0 Å². The number of nitrogens with one attached hydrogen (secondary N) is 1. The van der Waals surface area contributed by atoms with Gasteiger partial charge >= 0.3 is 0 Å². The van der Waals surface area contributed by atoms with E-state index < -0.39 is 0 Å². The van der Waals surface area contributed by atoms with Crippen molar-refractivity contribution in [2.45, 2.75) is 0 Å². The molecule has 1 rings (SSSR count). The van der Waals surface area contributed by atoms with Crippen LogP contribution in [-0.4, -0.2) is 20.2 Å². The van der Waals surface area contributed by atoms with Gasteiger partial charge < -0.3 is 10.1 Å². The van der Waals surface area contributed by atoms with Gasteiger partial charge in [-0.2, -0.15) is 5.26 Å². The summed E-state index contributed by atoms with van der Waals surface area (Å²) in [6.45, 7) is 5.09. The lowest BCUT2D eigenvalue weighted by Gasteiger charge is -2.07. The predicted octanol–water partition coefficient (Wildman–Crippen LogP) is 1.71. The zero-order valence-electron chi connectivity index (χ0n) is 8.79. The summed E-state index contributed by atoms with van der Waals surface area (Å²) in [5.74, 6) is 0.756. The van der Waals surface area contributed by atoms with Crippen molar-refractivity contribution >= 4 is 0 Å². The molecule has 3 nitrogen and oxygen atoms in total. The molecular weight excluding hydrogens is 188 g/mol. The van der Waals surface area contributed by atoms with E-state index in [1.54, 1.807) is 24.3 Å². The minimum absolute atomic E-state index is 0.493. The summed E-state index contributed by atoms with van der Waals surface area (Å²) in [7, 11) is 1.87. The van der Waals surface area contributed by atoms with Gasteiger partial charge in [0.05, 0.1) is 11.6 Å². The molecule has 0 saturated carbocycles. The second-order valence-electron chi connectivity index (χ2n) is 3.21. The molecule has 15 heavy (non-hydrogen) atoms. The summed E-state index contributed by atoms with van der Waals surface area (Å²) >= 11 is 0. The third-order valence-corrected chi connectivity index (χ3v) is 1.85. The molecule has 0 amide bonds. The first kappa shape index (κ1) is 11.3. The molecule has 0 atom stereocenters. The molecule has 0 radical (unpaired) electrons. The van der Waals surface area contributed by atoms with Crippen LogP contribution in [0, 0.1) is 11.3 Å². The van der Waals surface area contributed by atoms with Gasteiger partial charge in [-0.15, -0.1) is 0 Å². The maximum Gasteiger partial charge on any atom is 0.119 e. The summed E-state index contributed by atoms with van der Waals surface area (Å²) in [5.41, 5.74) is 1.62. The molecule has 78 valence electrons. The highest BCUT2D eigenvalue weighted by atomic mass is 16.5. The molecule has 0 spiro atoms. The molecule has 3 heteroatoms. The van der Waals surface area contributed by atoms with Crippen LogP contribution in [0.2, 0.25) is 0 Å². The first-order valence-corrected chi connectivity index (χ1v) is 4.70. The number of ether oxygens (including phenoxy) is 1. The summed E-state index contributed by atoms with van der Waals surface area (Å²) in [6.07, 6.45) is 0. The van der Waals surface area contributed by atoms with Gasteiger partial charge in [0.2, 0.25) is 0 Å². The lowest BCUT2D eigenvalue weighted by atomic mass is 10.2. The molecule has 1 aromatic rings. The van der Waals surface area contributed by atoms with Crippen LogP contribution in [0.3, 0.4) is 0 Å². The number of nitriles is 1. The average molecular weight is 202 g/mol. The zero-order valence-corrected chi connectivity index (χ0v) is 8.79. The Kier molecular flexibility index (Phi) is 4.39. The third kappa shape index (κ3) is 3.84. The highest BCUT2D eigenvalue weighted by molar-refractivity contribution is 5.34. The summed E-state index contributed by atoms with van der Waals surface area (Å²) in [5, 5.41) is 11.6. The number of hydrogen-bond donors (Lipinski definition) is 1. The topological polar surface area (TPSA) is 45.0 Å². The Hall–Kier alpha value is -1.79. The van der Waals surface area contributed by atoms with Crippen molar-refractivity contribution < 1.29 is 4.74 Å².